The van der Waals surface area contributed by atoms with Gasteiger partial charge >= 0.3 is 6.09 Å². The molecule has 118 valence electrons. The van der Waals surface area contributed by atoms with E-state index in [1.165, 1.54) is 6.07 Å². The zero-order valence-corrected chi connectivity index (χ0v) is 11.6. The molecule has 2 heterocycles. The van der Waals surface area contributed by atoms with Crippen LogP contribution in [0.15, 0.2) is 36.4 Å². The molecule has 0 saturated carbocycles. The van der Waals surface area contributed by atoms with Crippen LogP contribution in [0.4, 0.5) is 10.5 Å². The van der Waals surface area contributed by atoms with E-state index in [1.54, 1.807) is 24.3 Å². The van der Waals surface area contributed by atoms with Crippen LogP contribution in [-0.4, -0.2) is 31.1 Å². The van der Waals surface area contributed by atoms with Crippen molar-refractivity contribution < 1.29 is 24.9 Å². The number of nitrogens with two attached hydrogens (primary N) is 1. The molecule has 1 amide bonds. The number of aromatic nitrogens is 2. The van der Waals surface area contributed by atoms with Gasteiger partial charge in [0.05, 0.1) is 11.2 Å². The molecule has 0 unspecified atom stereocenters. The highest BCUT2D eigenvalue weighted by molar-refractivity contribution is 5.83. The standard InChI is InChI=1S/C14H12N4O5/c15-14(22)23-11-4-1-7-5-8(2-3-9(7)16-11)17-18-12(20)6-10(19)13(18)21/h1-6,17,19-21H,(H2,15,22). The van der Waals surface area contributed by atoms with Crippen molar-refractivity contribution in [3.05, 3.63) is 36.4 Å². The van der Waals surface area contributed by atoms with Gasteiger partial charge in [-0.15, -0.1) is 0 Å². The van der Waals surface area contributed by atoms with Crippen LogP contribution in [-0.2, 0) is 0 Å². The second-order valence-corrected chi connectivity index (χ2v) is 4.64. The van der Waals surface area contributed by atoms with Crippen LogP contribution in [0.5, 0.6) is 23.4 Å². The van der Waals surface area contributed by atoms with Crippen molar-refractivity contribution in [2.45, 2.75) is 0 Å². The third kappa shape index (κ3) is 2.75. The molecule has 0 atom stereocenters. The minimum Gasteiger partial charge on any atom is -0.503 e. The van der Waals surface area contributed by atoms with Gasteiger partial charge in [0, 0.05) is 17.5 Å². The maximum atomic E-state index is 10.7. The second-order valence-electron chi connectivity index (χ2n) is 4.64. The fourth-order valence-corrected chi connectivity index (χ4v) is 2.05. The Morgan fingerprint density at radius 3 is 2.61 bits per heavy atom. The SMILES string of the molecule is NC(=O)Oc1ccc2cc(Nn3c(O)cc(O)c3O)ccc2n1. The van der Waals surface area contributed by atoms with E-state index in [0.29, 0.717) is 16.6 Å². The van der Waals surface area contributed by atoms with Gasteiger partial charge in [0.1, 0.15) is 0 Å². The topological polar surface area (TPSA) is 143 Å². The van der Waals surface area contributed by atoms with Crippen molar-refractivity contribution in [3.8, 4) is 23.4 Å². The molecule has 23 heavy (non-hydrogen) atoms. The number of nitrogens with one attached hydrogen (secondary N) is 1. The highest BCUT2D eigenvalue weighted by Gasteiger charge is 2.13. The summed E-state index contributed by atoms with van der Waals surface area (Å²) in [6.07, 6.45) is -0.950. The van der Waals surface area contributed by atoms with E-state index in [2.05, 4.69) is 10.4 Å². The second kappa shape index (κ2) is 5.30. The number of amides is 1. The molecule has 9 heteroatoms. The summed E-state index contributed by atoms with van der Waals surface area (Å²) >= 11 is 0. The van der Waals surface area contributed by atoms with Crippen LogP contribution in [0, 0.1) is 0 Å². The molecule has 3 aromatic rings. The first kappa shape index (κ1) is 14.3. The Labute approximate surface area is 129 Å². The van der Waals surface area contributed by atoms with Crippen LogP contribution in [0.3, 0.4) is 0 Å². The highest BCUT2D eigenvalue weighted by atomic mass is 16.6. The average molecular weight is 316 g/mol. The van der Waals surface area contributed by atoms with Gasteiger partial charge in [-0.1, -0.05) is 0 Å². The van der Waals surface area contributed by atoms with Crippen LogP contribution >= 0.6 is 0 Å². The Kier molecular flexibility index (Phi) is 3.30. The van der Waals surface area contributed by atoms with Crippen molar-refractivity contribution >= 4 is 22.7 Å². The lowest BCUT2D eigenvalue weighted by atomic mass is 10.2. The lowest BCUT2D eigenvalue weighted by Crippen LogP contribution is -2.16. The quantitative estimate of drug-likeness (QED) is 0.492. The highest BCUT2D eigenvalue weighted by Crippen LogP contribution is 2.33. The predicted molar refractivity (Wildman–Crippen MR) is 80.4 cm³/mol. The first-order valence-corrected chi connectivity index (χ1v) is 6.42. The molecule has 3 rings (SSSR count). The number of hydrogen-bond acceptors (Lipinski definition) is 7. The first-order valence-electron chi connectivity index (χ1n) is 6.42. The molecular formula is C14H12N4O5. The molecule has 0 saturated heterocycles. The monoisotopic (exact) mass is 316 g/mol. The summed E-state index contributed by atoms with van der Waals surface area (Å²) in [5, 5.41) is 29.3. The van der Waals surface area contributed by atoms with E-state index in [-0.39, 0.29) is 11.8 Å². The number of fused-ring (bicyclic) bond motifs is 1. The lowest BCUT2D eigenvalue weighted by molar-refractivity contribution is 0.209. The summed E-state index contributed by atoms with van der Waals surface area (Å²) in [6.45, 7) is 0. The third-order valence-corrected chi connectivity index (χ3v) is 3.05. The smallest absolute Gasteiger partial charge is 0.411 e. The normalized spacial score (nSPS) is 10.6. The van der Waals surface area contributed by atoms with E-state index < -0.39 is 17.7 Å². The average Bonchev–Trinajstić information content (AvgIpc) is 2.73. The fourth-order valence-electron chi connectivity index (χ4n) is 2.05. The number of aromatic hydroxyl groups is 3. The molecule has 0 bridgehead atoms. The van der Waals surface area contributed by atoms with Gasteiger partial charge in [0.15, 0.2) is 5.75 Å². The number of benzene rings is 1. The van der Waals surface area contributed by atoms with Crippen molar-refractivity contribution in [3.63, 3.8) is 0 Å². The van der Waals surface area contributed by atoms with Crippen LogP contribution in [0.25, 0.3) is 10.9 Å². The minimum atomic E-state index is -0.950. The number of carbonyl (C=O) groups excluding carboxylic acids is 1. The number of ether oxygens (including phenoxy) is 1. The molecule has 1 aromatic carbocycles. The molecule has 0 spiro atoms. The number of pyridine rings is 1. The molecule has 0 fully saturated rings. The Bertz CT molecular complexity index is 906. The molecule has 9 nitrogen and oxygen atoms in total. The van der Waals surface area contributed by atoms with Crippen LogP contribution < -0.4 is 15.9 Å². The zero-order valence-electron chi connectivity index (χ0n) is 11.6. The Balaban J connectivity index is 1.92. The number of hydrogen-bond donors (Lipinski definition) is 5. The van der Waals surface area contributed by atoms with Gasteiger partial charge < -0.3 is 25.8 Å². The van der Waals surface area contributed by atoms with Gasteiger partial charge in [-0.3, -0.25) is 5.43 Å². The molecule has 0 aliphatic rings. The fraction of sp³-hybridized carbons (Fsp3) is 0. The summed E-state index contributed by atoms with van der Waals surface area (Å²) in [5.74, 6) is -1.25. The molecule has 6 N–H and O–H groups in total. The first-order chi connectivity index (χ1) is 10.9. The van der Waals surface area contributed by atoms with Crippen molar-refractivity contribution in [2.75, 3.05) is 5.43 Å². The van der Waals surface area contributed by atoms with E-state index in [0.717, 1.165) is 10.7 Å². The van der Waals surface area contributed by atoms with E-state index >= 15 is 0 Å². The summed E-state index contributed by atoms with van der Waals surface area (Å²) in [5.41, 5.74) is 8.72. The number of carbonyl (C=O) groups is 1. The molecule has 0 aliphatic carbocycles. The van der Waals surface area contributed by atoms with Gasteiger partial charge in [0.2, 0.25) is 11.8 Å². The van der Waals surface area contributed by atoms with Crippen molar-refractivity contribution in [1.82, 2.24) is 9.66 Å². The Morgan fingerprint density at radius 2 is 1.96 bits per heavy atom. The lowest BCUT2D eigenvalue weighted by Gasteiger charge is -2.11. The van der Waals surface area contributed by atoms with Crippen molar-refractivity contribution in [1.29, 1.82) is 0 Å². The molecule has 0 aliphatic heterocycles. The maximum absolute atomic E-state index is 10.7. The zero-order chi connectivity index (χ0) is 16.6. The molecule has 2 aromatic heterocycles. The summed E-state index contributed by atoms with van der Waals surface area (Å²) in [6, 6.07) is 9.10. The number of primary amides is 1. The van der Waals surface area contributed by atoms with E-state index in [9.17, 15) is 20.1 Å². The Morgan fingerprint density at radius 1 is 1.17 bits per heavy atom. The largest absolute Gasteiger partial charge is 0.503 e. The van der Waals surface area contributed by atoms with Gasteiger partial charge in [0.25, 0.3) is 5.88 Å². The molecular weight excluding hydrogens is 304 g/mol. The summed E-state index contributed by atoms with van der Waals surface area (Å²) in [7, 11) is 0. The summed E-state index contributed by atoms with van der Waals surface area (Å²) < 4.78 is 5.61. The van der Waals surface area contributed by atoms with Crippen LogP contribution in [0.1, 0.15) is 0 Å². The maximum Gasteiger partial charge on any atom is 0.411 e. The predicted octanol–water partition coefficient (Wildman–Crippen LogP) is 1.49. The van der Waals surface area contributed by atoms with Gasteiger partial charge in [-0.25, -0.2) is 9.78 Å². The van der Waals surface area contributed by atoms with Gasteiger partial charge in [-0.05, 0) is 24.3 Å². The summed E-state index contributed by atoms with van der Waals surface area (Å²) in [4.78, 5) is 14.8. The number of rotatable bonds is 3. The minimum absolute atomic E-state index is 0.0799. The Hall–Kier alpha value is -3.62. The van der Waals surface area contributed by atoms with E-state index in [4.69, 9.17) is 10.5 Å². The van der Waals surface area contributed by atoms with E-state index in [1.807, 2.05) is 0 Å². The molecule has 0 radical (unpaired) electrons. The van der Waals surface area contributed by atoms with Crippen LogP contribution in [0.2, 0.25) is 0 Å². The number of anilines is 1. The third-order valence-electron chi connectivity index (χ3n) is 3.05. The van der Waals surface area contributed by atoms with Gasteiger partial charge in [-0.2, -0.15) is 4.68 Å². The number of nitrogens with zero attached hydrogens (tertiary/aromatic N) is 2. The van der Waals surface area contributed by atoms with Crippen molar-refractivity contribution in [2.24, 2.45) is 5.73 Å².